The molecule has 1 amide bonds. The van der Waals surface area contributed by atoms with Crippen LogP contribution in [-0.4, -0.2) is 41.9 Å². The molecule has 1 aromatic carbocycles. The molecule has 0 aliphatic heterocycles. The molecular weight excluding hydrogens is 360 g/mol. The van der Waals surface area contributed by atoms with Gasteiger partial charge in [0.25, 0.3) is 0 Å². The molecular formula is C20H27N4O2S+. The van der Waals surface area contributed by atoms with Crippen molar-refractivity contribution >= 4 is 23.4 Å². The van der Waals surface area contributed by atoms with Gasteiger partial charge in [0.2, 0.25) is 5.91 Å². The summed E-state index contributed by atoms with van der Waals surface area (Å²) < 4.78 is 1.84. The summed E-state index contributed by atoms with van der Waals surface area (Å²) >= 11 is 1.37. The zero-order valence-corrected chi connectivity index (χ0v) is 16.8. The largest absolute Gasteiger partial charge is 0.349 e. The standard InChI is InChI=1S/C20H26N4O2S/c1-23(2)12-13-24-17-11-7-6-10-16(17)19(22-20(24)26)27-14-18(25)21-15-8-4-3-5-9-15/h3-5,8-9H,6-7,10-14H2,1-2H3,(H,21,25)/p+1. The van der Waals surface area contributed by atoms with E-state index in [1.807, 2.05) is 34.9 Å². The Hall–Kier alpha value is -2.12. The van der Waals surface area contributed by atoms with Crippen LogP contribution in [0.15, 0.2) is 40.2 Å². The second-order valence-corrected chi connectivity index (χ2v) is 8.11. The predicted molar refractivity (Wildman–Crippen MR) is 109 cm³/mol. The van der Waals surface area contributed by atoms with E-state index < -0.39 is 0 Å². The van der Waals surface area contributed by atoms with Gasteiger partial charge in [0.15, 0.2) is 0 Å². The number of carbonyl (C=O) groups excluding carboxylic acids is 1. The van der Waals surface area contributed by atoms with Gasteiger partial charge in [0, 0.05) is 16.9 Å². The lowest BCUT2D eigenvalue weighted by Gasteiger charge is -2.23. The van der Waals surface area contributed by atoms with E-state index in [1.165, 1.54) is 16.7 Å². The summed E-state index contributed by atoms with van der Waals surface area (Å²) in [4.78, 5) is 30.5. The Morgan fingerprint density at radius 1 is 1.22 bits per heavy atom. The first-order chi connectivity index (χ1) is 13.0. The van der Waals surface area contributed by atoms with E-state index in [2.05, 4.69) is 24.4 Å². The maximum atomic E-state index is 12.6. The van der Waals surface area contributed by atoms with Crippen molar-refractivity contribution in [1.29, 1.82) is 0 Å². The molecule has 0 spiro atoms. The van der Waals surface area contributed by atoms with Crippen LogP contribution in [0, 0.1) is 0 Å². The Morgan fingerprint density at radius 3 is 2.70 bits per heavy atom. The summed E-state index contributed by atoms with van der Waals surface area (Å²) in [5.41, 5.74) is 2.86. The molecule has 0 bridgehead atoms. The van der Waals surface area contributed by atoms with E-state index in [9.17, 15) is 9.59 Å². The summed E-state index contributed by atoms with van der Waals surface area (Å²) in [6.45, 7) is 1.58. The second-order valence-electron chi connectivity index (χ2n) is 7.14. The number of nitrogens with one attached hydrogen (secondary N) is 2. The maximum Gasteiger partial charge on any atom is 0.349 e. The third kappa shape index (κ3) is 5.20. The van der Waals surface area contributed by atoms with Gasteiger partial charge in [-0.05, 0) is 37.8 Å². The van der Waals surface area contributed by atoms with Gasteiger partial charge in [0.1, 0.15) is 5.03 Å². The van der Waals surface area contributed by atoms with Crippen LogP contribution in [-0.2, 0) is 24.2 Å². The number of benzene rings is 1. The lowest BCUT2D eigenvalue weighted by Crippen LogP contribution is -3.06. The first-order valence-corrected chi connectivity index (χ1v) is 10.4. The van der Waals surface area contributed by atoms with Crippen LogP contribution < -0.4 is 15.9 Å². The number of aromatic nitrogens is 2. The highest BCUT2D eigenvalue weighted by molar-refractivity contribution is 8.00. The molecule has 3 rings (SSSR count). The van der Waals surface area contributed by atoms with Gasteiger partial charge in [-0.1, -0.05) is 30.0 Å². The predicted octanol–water partition coefficient (Wildman–Crippen LogP) is 0.997. The first kappa shape index (κ1) is 19.6. The highest BCUT2D eigenvalue weighted by Crippen LogP contribution is 2.28. The average molecular weight is 388 g/mol. The lowest BCUT2D eigenvalue weighted by molar-refractivity contribution is -0.859. The number of para-hydroxylation sites is 1. The van der Waals surface area contributed by atoms with Crippen LogP contribution in [0.3, 0.4) is 0 Å². The van der Waals surface area contributed by atoms with Gasteiger partial charge in [-0.2, -0.15) is 4.98 Å². The van der Waals surface area contributed by atoms with Crippen molar-refractivity contribution in [3.63, 3.8) is 0 Å². The van der Waals surface area contributed by atoms with Crippen LogP contribution in [0.25, 0.3) is 0 Å². The van der Waals surface area contributed by atoms with Crippen molar-refractivity contribution < 1.29 is 9.69 Å². The van der Waals surface area contributed by atoms with E-state index in [4.69, 9.17) is 0 Å². The van der Waals surface area contributed by atoms with Gasteiger partial charge < -0.3 is 10.2 Å². The van der Waals surface area contributed by atoms with Crippen LogP contribution in [0.4, 0.5) is 5.69 Å². The van der Waals surface area contributed by atoms with Crippen molar-refractivity contribution in [3.8, 4) is 0 Å². The van der Waals surface area contributed by atoms with Gasteiger partial charge in [-0.25, -0.2) is 4.79 Å². The topological polar surface area (TPSA) is 68.4 Å². The van der Waals surface area contributed by atoms with E-state index in [0.29, 0.717) is 6.54 Å². The summed E-state index contributed by atoms with van der Waals surface area (Å²) in [7, 11) is 4.17. The van der Waals surface area contributed by atoms with E-state index in [1.54, 1.807) is 0 Å². The lowest BCUT2D eigenvalue weighted by atomic mass is 9.97. The zero-order valence-electron chi connectivity index (χ0n) is 16.0. The van der Waals surface area contributed by atoms with Crippen LogP contribution in [0.5, 0.6) is 0 Å². The minimum atomic E-state index is -0.192. The molecule has 1 aliphatic carbocycles. The normalized spacial score (nSPS) is 13.4. The number of anilines is 1. The van der Waals surface area contributed by atoms with Crippen molar-refractivity contribution in [2.75, 3.05) is 31.7 Å². The fourth-order valence-corrected chi connectivity index (χ4v) is 4.16. The van der Waals surface area contributed by atoms with Gasteiger partial charge >= 0.3 is 5.69 Å². The summed E-state index contributed by atoms with van der Waals surface area (Å²) in [5.74, 6) is 0.164. The van der Waals surface area contributed by atoms with Crippen molar-refractivity contribution in [2.45, 2.75) is 37.3 Å². The van der Waals surface area contributed by atoms with E-state index in [-0.39, 0.29) is 17.3 Å². The van der Waals surface area contributed by atoms with Gasteiger partial charge in [-0.15, -0.1) is 0 Å². The molecule has 2 N–H and O–H groups in total. The summed E-state index contributed by atoms with van der Waals surface area (Å²) in [5, 5.41) is 3.61. The zero-order chi connectivity index (χ0) is 19.2. The molecule has 0 saturated carbocycles. The number of carbonyl (C=O) groups is 1. The second kappa shape index (κ2) is 9.19. The fraction of sp³-hybridized carbons (Fsp3) is 0.450. The average Bonchev–Trinajstić information content (AvgIpc) is 2.66. The molecule has 1 aromatic heterocycles. The number of thioether (sulfide) groups is 1. The summed E-state index contributed by atoms with van der Waals surface area (Å²) in [6.07, 6.45) is 4.05. The number of quaternary nitrogens is 1. The van der Waals surface area contributed by atoms with Crippen LogP contribution in [0.2, 0.25) is 0 Å². The van der Waals surface area contributed by atoms with Crippen molar-refractivity contribution in [1.82, 2.24) is 9.55 Å². The monoisotopic (exact) mass is 387 g/mol. The molecule has 2 aromatic rings. The smallest absolute Gasteiger partial charge is 0.338 e. The first-order valence-electron chi connectivity index (χ1n) is 9.44. The summed E-state index contributed by atoms with van der Waals surface area (Å²) in [6, 6.07) is 9.40. The van der Waals surface area contributed by atoms with E-state index in [0.717, 1.165) is 54.2 Å². The Balaban J connectivity index is 1.74. The van der Waals surface area contributed by atoms with Crippen molar-refractivity contribution in [3.05, 3.63) is 52.1 Å². The quantitative estimate of drug-likeness (QED) is 0.549. The third-order valence-electron chi connectivity index (χ3n) is 4.68. The Labute approximate surface area is 164 Å². The number of nitrogens with zero attached hydrogens (tertiary/aromatic N) is 2. The van der Waals surface area contributed by atoms with Crippen molar-refractivity contribution in [2.24, 2.45) is 0 Å². The molecule has 0 radical (unpaired) electrons. The number of hydrogen-bond acceptors (Lipinski definition) is 4. The van der Waals surface area contributed by atoms with Gasteiger partial charge in [0.05, 0.1) is 32.9 Å². The number of likely N-dealkylation sites (N-methyl/N-ethyl adjacent to an activating group) is 1. The molecule has 0 saturated heterocycles. The minimum Gasteiger partial charge on any atom is -0.338 e. The highest BCUT2D eigenvalue weighted by atomic mass is 32.2. The van der Waals surface area contributed by atoms with Crippen LogP contribution >= 0.6 is 11.8 Å². The van der Waals surface area contributed by atoms with Gasteiger partial charge in [-0.3, -0.25) is 9.36 Å². The molecule has 0 fully saturated rings. The van der Waals surface area contributed by atoms with Crippen LogP contribution in [0.1, 0.15) is 24.1 Å². The number of hydrogen-bond donors (Lipinski definition) is 2. The number of amides is 1. The molecule has 144 valence electrons. The molecule has 0 atom stereocenters. The fourth-order valence-electron chi connectivity index (χ4n) is 3.29. The maximum absolute atomic E-state index is 12.6. The Morgan fingerprint density at radius 2 is 1.96 bits per heavy atom. The van der Waals surface area contributed by atoms with E-state index >= 15 is 0 Å². The molecule has 0 unspecified atom stereocenters. The molecule has 27 heavy (non-hydrogen) atoms. The molecule has 6 nitrogen and oxygen atoms in total. The Bertz CT molecular complexity index is 849. The highest BCUT2D eigenvalue weighted by Gasteiger charge is 2.21. The SMILES string of the molecule is C[NH+](C)CCn1c2c(c(SCC(=O)Nc3ccccc3)nc1=O)CCCC2. The number of fused-ring (bicyclic) bond motifs is 1. The third-order valence-corrected chi connectivity index (χ3v) is 5.70. The molecule has 7 heteroatoms. The molecule has 1 aliphatic rings. The Kier molecular flexibility index (Phi) is 6.68. The minimum absolute atomic E-state index is 0.0852. The number of rotatable bonds is 7. The molecule has 1 heterocycles.